The van der Waals surface area contributed by atoms with Crippen molar-refractivity contribution in [1.82, 2.24) is 10.2 Å². The molecule has 0 aromatic heterocycles. The topological polar surface area (TPSA) is 32.3 Å². The lowest BCUT2D eigenvalue weighted by molar-refractivity contribution is -0.130. The fourth-order valence-electron chi connectivity index (χ4n) is 2.13. The summed E-state index contributed by atoms with van der Waals surface area (Å²) in [6.45, 7) is 1.25. The van der Waals surface area contributed by atoms with Crippen LogP contribution in [0.25, 0.3) is 0 Å². The number of thioether (sulfide) groups is 1. The Morgan fingerprint density at radius 2 is 2.40 bits per heavy atom. The second kappa shape index (κ2) is 7.43. The first-order valence-electron chi connectivity index (χ1n) is 6.55. The van der Waals surface area contributed by atoms with Gasteiger partial charge in [0.15, 0.2) is 0 Å². The highest BCUT2D eigenvalue weighted by atomic mass is 79.9. The Hall–Kier alpha value is -0.590. The Morgan fingerprint density at radius 1 is 1.60 bits per heavy atom. The van der Waals surface area contributed by atoms with E-state index in [1.807, 2.05) is 11.8 Å². The number of benzene rings is 1. The number of carbonyl (C=O) groups excluding carboxylic acids is 1. The van der Waals surface area contributed by atoms with Crippen LogP contribution in [0.2, 0.25) is 0 Å². The molecule has 1 aromatic carbocycles. The van der Waals surface area contributed by atoms with Crippen molar-refractivity contribution in [2.45, 2.75) is 19.0 Å². The van der Waals surface area contributed by atoms with Gasteiger partial charge in [-0.05, 0) is 18.2 Å². The maximum absolute atomic E-state index is 13.7. The van der Waals surface area contributed by atoms with Crippen molar-refractivity contribution in [2.24, 2.45) is 0 Å². The molecule has 1 unspecified atom stereocenters. The number of amides is 1. The maximum Gasteiger partial charge on any atom is 0.224 e. The molecular weight excluding hydrogens is 343 g/mol. The molecule has 1 aromatic rings. The first kappa shape index (κ1) is 15.8. The SMILES string of the molecule is CN(Cc1cc(Br)ccc1F)C(=O)CC1CSCCN1. The molecule has 1 aliphatic heterocycles. The number of rotatable bonds is 4. The number of nitrogens with one attached hydrogen (secondary N) is 1. The predicted octanol–water partition coefficient (Wildman–Crippen LogP) is 2.64. The maximum atomic E-state index is 13.7. The molecule has 0 spiro atoms. The summed E-state index contributed by atoms with van der Waals surface area (Å²) in [5.74, 6) is 1.83. The van der Waals surface area contributed by atoms with Gasteiger partial charge < -0.3 is 10.2 Å². The molecule has 1 heterocycles. The van der Waals surface area contributed by atoms with Gasteiger partial charge in [-0.25, -0.2) is 4.39 Å². The third kappa shape index (κ3) is 4.46. The highest BCUT2D eigenvalue weighted by Gasteiger charge is 2.19. The predicted molar refractivity (Wildman–Crippen MR) is 84.3 cm³/mol. The third-order valence-electron chi connectivity index (χ3n) is 3.26. The first-order valence-corrected chi connectivity index (χ1v) is 8.50. The van der Waals surface area contributed by atoms with Crippen LogP contribution in [0.1, 0.15) is 12.0 Å². The number of carbonyl (C=O) groups is 1. The van der Waals surface area contributed by atoms with Crippen LogP contribution in [0.4, 0.5) is 4.39 Å². The van der Waals surface area contributed by atoms with Gasteiger partial charge in [0.2, 0.25) is 5.91 Å². The Labute approximate surface area is 131 Å². The second-order valence-corrected chi connectivity index (χ2v) is 6.98. The lowest BCUT2D eigenvalue weighted by atomic mass is 10.1. The van der Waals surface area contributed by atoms with E-state index in [9.17, 15) is 9.18 Å². The van der Waals surface area contributed by atoms with Gasteiger partial charge >= 0.3 is 0 Å². The van der Waals surface area contributed by atoms with Gasteiger partial charge in [0.05, 0.1) is 0 Å². The van der Waals surface area contributed by atoms with Crippen LogP contribution in [-0.2, 0) is 11.3 Å². The molecule has 20 heavy (non-hydrogen) atoms. The Kier molecular flexibility index (Phi) is 5.86. The average Bonchev–Trinajstić information content (AvgIpc) is 2.44. The van der Waals surface area contributed by atoms with Crippen molar-refractivity contribution >= 4 is 33.6 Å². The van der Waals surface area contributed by atoms with Gasteiger partial charge in [-0.3, -0.25) is 4.79 Å². The van der Waals surface area contributed by atoms with Crippen LogP contribution < -0.4 is 5.32 Å². The molecule has 0 bridgehead atoms. The number of nitrogens with zero attached hydrogens (tertiary/aromatic N) is 1. The van der Waals surface area contributed by atoms with Gasteiger partial charge in [-0.15, -0.1) is 0 Å². The molecule has 0 aliphatic carbocycles. The van der Waals surface area contributed by atoms with Crippen LogP contribution in [-0.4, -0.2) is 41.9 Å². The molecule has 1 amide bonds. The quantitative estimate of drug-likeness (QED) is 0.895. The molecule has 1 aliphatic rings. The second-order valence-electron chi connectivity index (χ2n) is 4.92. The highest BCUT2D eigenvalue weighted by Crippen LogP contribution is 2.18. The smallest absolute Gasteiger partial charge is 0.224 e. The first-order chi connectivity index (χ1) is 9.56. The van der Waals surface area contributed by atoms with Crippen LogP contribution in [0, 0.1) is 5.82 Å². The van der Waals surface area contributed by atoms with Gasteiger partial charge in [0.25, 0.3) is 0 Å². The minimum Gasteiger partial charge on any atom is -0.341 e. The van der Waals surface area contributed by atoms with E-state index >= 15 is 0 Å². The highest BCUT2D eigenvalue weighted by molar-refractivity contribution is 9.10. The van der Waals surface area contributed by atoms with E-state index in [0.29, 0.717) is 18.5 Å². The van der Waals surface area contributed by atoms with Crippen molar-refractivity contribution in [1.29, 1.82) is 0 Å². The van der Waals surface area contributed by atoms with E-state index in [2.05, 4.69) is 21.2 Å². The number of halogens is 2. The van der Waals surface area contributed by atoms with E-state index in [4.69, 9.17) is 0 Å². The zero-order chi connectivity index (χ0) is 14.5. The average molecular weight is 361 g/mol. The Balaban J connectivity index is 1.91. The lowest BCUT2D eigenvalue weighted by Gasteiger charge is -2.25. The molecule has 1 saturated heterocycles. The summed E-state index contributed by atoms with van der Waals surface area (Å²) < 4.78 is 14.5. The summed E-state index contributed by atoms with van der Waals surface area (Å²) >= 11 is 5.19. The largest absolute Gasteiger partial charge is 0.341 e. The zero-order valence-corrected chi connectivity index (χ0v) is 13.8. The van der Waals surface area contributed by atoms with Crippen molar-refractivity contribution in [2.75, 3.05) is 25.1 Å². The summed E-state index contributed by atoms with van der Waals surface area (Å²) in [6, 6.07) is 5.02. The molecule has 1 atom stereocenters. The lowest BCUT2D eigenvalue weighted by Crippen LogP contribution is -2.41. The molecule has 6 heteroatoms. The fourth-order valence-corrected chi connectivity index (χ4v) is 3.48. The Morgan fingerprint density at radius 3 is 3.10 bits per heavy atom. The van der Waals surface area contributed by atoms with Crippen molar-refractivity contribution in [3.05, 3.63) is 34.1 Å². The molecule has 3 nitrogen and oxygen atoms in total. The van der Waals surface area contributed by atoms with Gasteiger partial charge in [-0.1, -0.05) is 15.9 Å². The van der Waals surface area contributed by atoms with Crippen LogP contribution in [0.3, 0.4) is 0 Å². The van der Waals surface area contributed by atoms with Crippen molar-refractivity contribution in [3.63, 3.8) is 0 Å². The Bertz CT molecular complexity index is 480. The summed E-state index contributed by atoms with van der Waals surface area (Å²) in [4.78, 5) is 13.7. The molecule has 1 fully saturated rings. The minimum absolute atomic E-state index is 0.0457. The van der Waals surface area contributed by atoms with Crippen molar-refractivity contribution in [3.8, 4) is 0 Å². The standard InChI is InChI=1S/C14H18BrFN2OS/c1-18(8-10-6-11(15)2-3-13(10)16)14(19)7-12-9-20-5-4-17-12/h2-3,6,12,17H,4-5,7-9H2,1H3. The van der Waals surface area contributed by atoms with Gasteiger partial charge in [0.1, 0.15) is 5.82 Å². The van der Waals surface area contributed by atoms with Gasteiger partial charge in [-0.2, -0.15) is 11.8 Å². The van der Waals surface area contributed by atoms with Crippen LogP contribution >= 0.6 is 27.7 Å². The molecule has 2 rings (SSSR count). The van der Waals surface area contributed by atoms with Crippen molar-refractivity contribution < 1.29 is 9.18 Å². The van der Waals surface area contributed by atoms with Gasteiger partial charge in [0, 0.05) is 54.1 Å². The molecule has 0 radical (unpaired) electrons. The van der Waals surface area contributed by atoms with E-state index in [-0.39, 0.29) is 17.8 Å². The summed E-state index contributed by atoms with van der Waals surface area (Å²) in [5, 5.41) is 3.34. The van der Waals surface area contributed by atoms with E-state index in [0.717, 1.165) is 22.5 Å². The van der Waals surface area contributed by atoms with E-state index in [1.165, 1.54) is 6.07 Å². The number of hydrogen-bond donors (Lipinski definition) is 1. The monoisotopic (exact) mass is 360 g/mol. The van der Waals surface area contributed by atoms with Crippen LogP contribution in [0.5, 0.6) is 0 Å². The summed E-state index contributed by atoms with van der Waals surface area (Å²) in [6.07, 6.45) is 0.471. The fraction of sp³-hybridized carbons (Fsp3) is 0.500. The molecule has 0 saturated carbocycles. The molecule has 1 N–H and O–H groups in total. The third-order valence-corrected chi connectivity index (χ3v) is 4.88. The summed E-state index contributed by atoms with van der Waals surface area (Å²) in [5.41, 5.74) is 0.529. The molecular formula is C14H18BrFN2OS. The minimum atomic E-state index is -0.279. The summed E-state index contributed by atoms with van der Waals surface area (Å²) in [7, 11) is 1.72. The normalized spacial score (nSPS) is 18.9. The zero-order valence-electron chi connectivity index (χ0n) is 11.4. The number of hydrogen-bond acceptors (Lipinski definition) is 3. The van der Waals surface area contributed by atoms with E-state index in [1.54, 1.807) is 24.1 Å². The molecule has 110 valence electrons. The van der Waals surface area contributed by atoms with E-state index < -0.39 is 0 Å². The van der Waals surface area contributed by atoms with Crippen LogP contribution in [0.15, 0.2) is 22.7 Å².